The lowest BCUT2D eigenvalue weighted by atomic mass is 10.1. The molecule has 0 radical (unpaired) electrons. The SMILES string of the molecule is Cc1ccc(NC(=O)c2cccc(Cl)c2N)cc1Cl. The number of aryl methyl sites for hydroxylation is 1. The molecule has 0 unspecified atom stereocenters. The van der Waals surface area contributed by atoms with Crippen LogP contribution in [0.15, 0.2) is 36.4 Å². The van der Waals surface area contributed by atoms with Crippen LogP contribution in [0.25, 0.3) is 0 Å². The van der Waals surface area contributed by atoms with E-state index in [0.717, 1.165) is 5.56 Å². The van der Waals surface area contributed by atoms with Gasteiger partial charge in [-0.1, -0.05) is 35.3 Å². The van der Waals surface area contributed by atoms with Crippen LogP contribution in [0.3, 0.4) is 0 Å². The summed E-state index contributed by atoms with van der Waals surface area (Å²) in [6.07, 6.45) is 0. The summed E-state index contributed by atoms with van der Waals surface area (Å²) in [6, 6.07) is 10.2. The minimum Gasteiger partial charge on any atom is -0.397 e. The van der Waals surface area contributed by atoms with Crippen LogP contribution in [-0.4, -0.2) is 5.91 Å². The highest BCUT2D eigenvalue weighted by atomic mass is 35.5. The molecule has 98 valence electrons. The maximum absolute atomic E-state index is 12.1. The molecule has 0 saturated carbocycles. The predicted octanol–water partition coefficient (Wildman–Crippen LogP) is 4.14. The molecule has 0 fully saturated rings. The monoisotopic (exact) mass is 294 g/mol. The van der Waals surface area contributed by atoms with E-state index in [0.29, 0.717) is 21.3 Å². The van der Waals surface area contributed by atoms with Crippen molar-refractivity contribution in [3.05, 3.63) is 57.6 Å². The van der Waals surface area contributed by atoms with Gasteiger partial charge in [0.15, 0.2) is 0 Å². The van der Waals surface area contributed by atoms with E-state index in [-0.39, 0.29) is 11.6 Å². The van der Waals surface area contributed by atoms with Gasteiger partial charge in [0.05, 0.1) is 16.3 Å². The van der Waals surface area contributed by atoms with Gasteiger partial charge in [0.1, 0.15) is 0 Å². The van der Waals surface area contributed by atoms with Crippen LogP contribution in [0.1, 0.15) is 15.9 Å². The molecule has 2 rings (SSSR count). The van der Waals surface area contributed by atoms with Crippen LogP contribution < -0.4 is 11.1 Å². The molecular formula is C14H12Cl2N2O. The van der Waals surface area contributed by atoms with E-state index in [1.54, 1.807) is 30.3 Å². The zero-order valence-electron chi connectivity index (χ0n) is 10.2. The number of amides is 1. The maximum atomic E-state index is 12.1. The minimum atomic E-state index is -0.320. The topological polar surface area (TPSA) is 55.1 Å². The number of anilines is 2. The molecule has 0 aliphatic heterocycles. The Bertz CT molecular complexity index is 641. The molecule has 0 bridgehead atoms. The Kier molecular flexibility index (Phi) is 3.98. The largest absolute Gasteiger partial charge is 0.397 e. The Morgan fingerprint density at radius 1 is 1.16 bits per heavy atom. The number of carbonyl (C=O) groups excluding carboxylic acids is 1. The summed E-state index contributed by atoms with van der Waals surface area (Å²) in [5.41, 5.74) is 7.93. The van der Waals surface area contributed by atoms with E-state index in [4.69, 9.17) is 28.9 Å². The second-order valence-electron chi connectivity index (χ2n) is 4.12. The summed E-state index contributed by atoms with van der Waals surface area (Å²) in [5.74, 6) is -0.320. The van der Waals surface area contributed by atoms with E-state index in [1.807, 2.05) is 13.0 Å². The van der Waals surface area contributed by atoms with Crippen LogP contribution in [0.4, 0.5) is 11.4 Å². The third-order valence-corrected chi connectivity index (χ3v) is 3.46. The maximum Gasteiger partial charge on any atom is 0.257 e. The van der Waals surface area contributed by atoms with Gasteiger partial charge < -0.3 is 11.1 Å². The second-order valence-corrected chi connectivity index (χ2v) is 4.93. The second kappa shape index (κ2) is 5.51. The summed E-state index contributed by atoms with van der Waals surface area (Å²) < 4.78 is 0. The quantitative estimate of drug-likeness (QED) is 0.818. The third-order valence-electron chi connectivity index (χ3n) is 2.73. The first-order valence-electron chi connectivity index (χ1n) is 5.60. The molecule has 0 atom stereocenters. The van der Waals surface area contributed by atoms with Crippen molar-refractivity contribution in [2.24, 2.45) is 0 Å². The van der Waals surface area contributed by atoms with Gasteiger partial charge in [0.2, 0.25) is 0 Å². The number of carbonyl (C=O) groups is 1. The molecule has 0 heterocycles. The fourth-order valence-corrected chi connectivity index (χ4v) is 1.96. The molecule has 1 amide bonds. The number of hydrogen-bond donors (Lipinski definition) is 2. The minimum absolute atomic E-state index is 0.264. The molecule has 19 heavy (non-hydrogen) atoms. The van der Waals surface area contributed by atoms with Crippen LogP contribution in [0.5, 0.6) is 0 Å². The zero-order chi connectivity index (χ0) is 14.0. The van der Waals surface area contributed by atoms with Gasteiger partial charge in [-0.2, -0.15) is 0 Å². The Morgan fingerprint density at radius 3 is 2.58 bits per heavy atom. The smallest absolute Gasteiger partial charge is 0.257 e. The molecule has 3 N–H and O–H groups in total. The van der Waals surface area contributed by atoms with Crippen LogP contribution in [-0.2, 0) is 0 Å². The molecular weight excluding hydrogens is 283 g/mol. The average Bonchev–Trinajstić information content (AvgIpc) is 2.37. The van der Waals surface area contributed by atoms with Gasteiger partial charge in [0, 0.05) is 10.7 Å². The molecule has 5 heteroatoms. The van der Waals surface area contributed by atoms with E-state index in [1.165, 1.54) is 0 Å². The number of nitrogen functional groups attached to an aromatic ring is 1. The lowest BCUT2D eigenvalue weighted by Gasteiger charge is -2.09. The average molecular weight is 295 g/mol. The Balaban J connectivity index is 2.26. The first-order chi connectivity index (χ1) is 8.99. The standard InChI is InChI=1S/C14H12Cl2N2O/c1-8-5-6-9(7-12(8)16)18-14(19)10-3-2-4-11(15)13(10)17/h2-7H,17H2,1H3,(H,18,19). The van der Waals surface area contributed by atoms with Crippen molar-refractivity contribution in [2.45, 2.75) is 6.92 Å². The van der Waals surface area contributed by atoms with Crippen LogP contribution >= 0.6 is 23.2 Å². The van der Waals surface area contributed by atoms with Crippen LogP contribution in [0.2, 0.25) is 10.0 Å². The Labute approximate surface area is 121 Å². The summed E-state index contributed by atoms with van der Waals surface area (Å²) in [5, 5.41) is 3.68. The van der Waals surface area contributed by atoms with Crippen molar-refractivity contribution in [3.63, 3.8) is 0 Å². The molecule has 0 saturated heterocycles. The molecule has 0 aromatic heterocycles. The molecule has 2 aromatic rings. The number of nitrogens with two attached hydrogens (primary N) is 1. The molecule has 2 aromatic carbocycles. The van der Waals surface area contributed by atoms with Gasteiger partial charge >= 0.3 is 0 Å². The van der Waals surface area contributed by atoms with Gasteiger partial charge in [-0.05, 0) is 36.8 Å². The van der Waals surface area contributed by atoms with Gasteiger partial charge in [-0.3, -0.25) is 4.79 Å². The number of rotatable bonds is 2. The van der Waals surface area contributed by atoms with Crippen molar-refractivity contribution in [2.75, 3.05) is 11.1 Å². The van der Waals surface area contributed by atoms with E-state index in [9.17, 15) is 4.79 Å². The Hall–Kier alpha value is -1.71. The highest BCUT2D eigenvalue weighted by molar-refractivity contribution is 6.34. The van der Waals surface area contributed by atoms with Gasteiger partial charge in [-0.25, -0.2) is 0 Å². The van der Waals surface area contributed by atoms with Gasteiger partial charge in [-0.15, -0.1) is 0 Å². The molecule has 0 aliphatic carbocycles. The third kappa shape index (κ3) is 3.00. The number of hydrogen-bond acceptors (Lipinski definition) is 2. The van der Waals surface area contributed by atoms with Crippen molar-refractivity contribution in [1.29, 1.82) is 0 Å². The van der Waals surface area contributed by atoms with Gasteiger partial charge in [0.25, 0.3) is 5.91 Å². The number of benzene rings is 2. The van der Waals surface area contributed by atoms with E-state index in [2.05, 4.69) is 5.32 Å². The summed E-state index contributed by atoms with van der Waals surface area (Å²) in [4.78, 5) is 12.1. The Morgan fingerprint density at radius 2 is 1.89 bits per heavy atom. The van der Waals surface area contributed by atoms with Crippen molar-refractivity contribution >= 4 is 40.5 Å². The lowest BCUT2D eigenvalue weighted by Crippen LogP contribution is -2.14. The number of para-hydroxylation sites is 1. The fourth-order valence-electron chi connectivity index (χ4n) is 1.60. The normalized spacial score (nSPS) is 10.3. The van der Waals surface area contributed by atoms with Crippen LogP contribution in [0, 0.1) is 6.92 Å². The van der Waals surface area contributed by atoms with E-state index < -0.39 is 0 Å². The first-order valence-corrected chi connectivity index (χ1v) is 6.36. The number of nitrogens with one attached hydrogen (secondary N) is 1. The summed E-state index contributed by atoms with van der Waals surface area (Å²) in [6.45, 7) is 1.89. The highest BCUT2D eigenvalue weighted by Gasteiger charge is 2.12. The molecule has 0 aliphatic rings. The van der Waals surface area contributed by atoms with E-state index >= 15 is 0 Å². The molecule has 3 nitrogen and oxygen atoms in total. The zero-order valence-corrected chi connectivity index (χ0v) is 11.7. The van der Waals surface area contributed by atoms with Crippen molar-refractivity contribution < 1.29 is 4.79 Å². The highest BCUT2D eigenvalue weighted by Crippen LogP contribution is 2.24. The summed E-state index contributed by atoms with van der Waals surface area (Å²) in [7, 11) is 0. The summed E-state index contributed by atoms with van der Waals surface area (Å²) >= 11 is 11.9. The van der Waals surface area contributed by atoms with Crippen molar-refractivity contribution in [1.82, 2.24) is 0 Å². The van der Waals surface area contributed by atoms with Crippen molar-refractivity contribution in [3.8, 4) is 0 Å². The number of halogens is 2. The fraction of sp³-hybridized carbons (Fsp3) is 0.0714. The first kappa shape index (κ1) is 13.7. The molecule has 0 spiro atoms. The predicted molar refractivity (Wildman–Crippen MR) is 80.0 cm³/mol. The lowest BCUT2D eigenvalue weighted by molar-refractivity contribution is 0.102.